The number of hydrogen-bond donors (Lipinski definition) is 1. The SMILES string of the molecule is CCn1ccc(C(=O)Nc2ccc(S(=O)(=O)[N-]c3ccccc3OC)cc2)n1. The molecule has 0 fully saturated rings. The van der Waals surface area contributed by atoms with Crippen molar-refractivity contribution in [1.82, 2.24) is 9.78 Å². The van der Waals surface area contributed by atoms with E-state index in [1.165, 1.54) is 31.4 Å². The Hall–Kier alpha value is -3.33. The first-order chi connectivity index (χ1) is 13.4. The van der Waals surface area contributed by atoms with E-state index < -0.39 is 10.0 Å². The van der Waals surface area contributed by atoms with E-state index in [2.05, 4.69) is 15.1 Å². The second-order valence-electron chi connectivity index (χ2n) is 5.77. The summed E-state index contributed by atoms with van der Waals surface area (Å²) in [7, 11) is -2.48. The Morgan fingerprint density at radius 3 is 2.50 bits per heavy atom. The maximum absolute atomic E-state index is 12.5. The molecule has 0 bridgehead atoms. The lowest BCUT2D eigenvalue weighted by Gasteiger charge is -2.24. The minimum Gasteiger partial charge on any atom is -0.570 e. The Balaban J connectivity index is 1.73. The van der Waals surface area contributed by atoms with Gasteiger partial charge in [0.1, 0.15) is 15.8 Å². The molecule has 0 aliphatic carbocycles. The number of carbonyl (C=O) groups excluding carboxylic acids is 1. The molecule has 1 N–H and O–H groups in total. The zero-order valence-electron chi connectivity index (χ0n) is 15.4. The number of rotatable bonds is 7. The van der Waals surface area contributed by atoms with Crippen LogP contribution in [0.3, 0.4) is 0 Å². The molecule has 9 heteroatoms. The van der Waals surface area contributed by atoms with Crippen molar-refractivity contribution in [3.05, 3.63) is 71.2 Å². The van der Waals surface area contributed by atoms with Crippen molar-refractivity contribution in [1.29, 1.82) is 0 Å². The highest BCUT2D eigenvalue weighted by Crippen LogP contribution is 2.35. The largest absolute Gasteiger partial charge is 0.570 e. The van der Waals surface area contributed by atoms with E-state index in [0.717, 1.165) is 0 Å². The third-order valence-electron chi connectivity index (χ3n) is 3.91. The highest BCUT2D eigenvalue weighted by atomic mass is 32.2. The zero-order valence-corrected chi connectivity index (χ0v) is 16.2. The molecule has 0 saturated carbocycles. The normalized spacial score (nSPS) is 11.1. The monoisotopic (exact) mass is 399 g/mol. The van der Waals surface area contributed by atoms with Crippen LogP contribution in [0, 0.1) is 0 Å². The lowest BCUT2D eigenvalue weighted by molar-refractivity contribution is 0.102. The van der Waals surface area contributed by atoms with E-state index in [1.807, 2.05) is 6.92 Å². The summed E-state index contributed by atoms with van der Waals surface area (Å²) in [5.74, 6) is -0.0111. The zero-order chi connectivity index (χ0) is 20.1. The maximum Gasteiger partial charge on any atom is 0.276 e. The number of para-hydroxylation sites is 1. The molecule has 1 amide bonds. The van der Waals surface area contributed by atoms with Gasteiger partial charge in [0, 0.05) is 18.4 Å². The van der Waals surface area contributed by atoms with Gasteiger partial charge in [-0.05, 0) is 43.3 Å². The Bertz CT molecular complexity index is 1080. The van der Waals surface area contributed by atoms with Crippen LogP contribution in [0.15, 0.2) is 65.7 Å². The van der Waals surface area contributed by atoms with Gasteiger partial charge in [0.05, 0.1) is 12.0 Å². The van der Waals surface area contributed by atoms with Crippen molar-refractivity contribution in [2.75, 3.05) is 12.4 Å². The first-order valence-corrected chi connectivity index (χ1v) is 9.93. The number of aromatic nitrogens is 2. The fraction of sp³-hybridized carbons (Fsp3) is 0.158. The number of nitrogens with zero attached hydrogens (tertiary/aromatic N) is 3. The Morgan fingerprint density at radius 1 is 1.14 bits per heavy atom. The van der Waals surface area contributed by atoms with Crippen LogP contribution in [0.1, 0.15) is 17.4 Å². The number of nitrogens with one attached hydrogen (secondary N) is 1. The quantitative estimate of drug-likeness (QED) is 0.654. The second kappa shape index (κ2) is 8.13. The van der Waals surface area contributed by atoms with E-state index in [0.29, 0.717) is 18.0 Å². The van der Waals surface area contributed by atoms with Gasteiger partial charge in [0.2, 0.25) is 0 Å². The van der Waals surface area contributed by atoms with Crippen LogP contribution in [0.25, 0.3) is 4.72 Å². The molecular formula is C19H19N4O4S-. The van der Waals surface area contributed by atoms with Crippen molar-refractivity contribution < 1.29 is 17.9 Å². The maximum atomic E-state index is 12.5. The Kier molecular flexibility index (Phi) is 5.65. The minimum absolute atomic E-state index is 0.00617. The molecule has 0 aliphatic rings. The van der Waals surface area contributed by atoms with Crippen LogP contribution in [0.4, 0.5) is 11.4 Å². The van der Waals surface area contributed by atoms with Crippen molar-refractivity contribution in [2.45, 2.75) is 18.4 Å². The number of benzene rings is 2. The van der Waals surface area contributed by atoms with Gasteiger partial charge in [0.15, 0.2) is 5.69 Å². The standard InChI is InChI=1S/C19H19N4O4S/c1-3-23-13-12-17(21-23)19(24)20-14-8-10-15(11-9-14)28(25,26)22-16-6-4-5-7-18(16)27-2/h4-13H,3H2,1-2H3,(H,20,24)/q-1. The second-order valence-corrected chi connectivity index (χ2v) is 7.38. The topological polar surface area (TPSA) is 104 Å². The average molecular weight is 399 g/mol. The molecule has 3 rings (SSSR count). The van der Waals surface area contributed by atoms with E-state index in [1.54, 1.807) is 41.2 Å². The Labute approximate surface area is 163 Å². The molecule has 146 valence electrons. The van der Waals surface area contributed by atoms with Gasteiger partial charge in [-0.15, -0.1) is 0 Å². The summed E-state index contributed by atoms with van der Waals surface area (Å²) < 4.78 is 35.7. The molecule has 8 nitrogen and oxygen atoms in total. The van der Waals surface area contributed by atoms with Crippen LogP contribution in [-0.4, -0.2) is 31.2 Å². The average Bonchev–Trinajstić information content (AvgIpc) is 3.18. The van der Waals surface area contributed by atoms with E-state index in [-0.39, 0.29) is 22.2 Å². The van der Waals surface area contributed by atoms with Crippen molar-refractivity contribution in [3.63, 3.8) is 0 Å². The number of methoxy groups -OCH3 is 1. The van der Waals surface area contributed by atoms with E-state index in [4.69, 9.17) is 4.74 Å². The van der Waals surface area contributed by atoms with Gasteiger partial charge < -0.3 is 14.8 Å². The van der Waals surface area contributed by atoms with Crippen molar-refractivity contribution >= 4 is 27.3 Å². The highest BCUT2D eigenvalue weighted by molar-refractivity contribution is 7.94. The molecule has 0 atom stereocenters. The van der Waals surface area contributed by atoms with Crippen LogP contribution in [-0.2, 0) is 16.6 Å². The van der Waals surface area contributed by atoms with Crippen molar-refractivity contribution in [2.24, 2.45) is 0 Å². The third-order valence-corrected chi connectivity index (χ3v) is 5.22. The summed E-state index contributed by atoms with van der Waals surface area (Å²) in [6, 6.07) is 14.0. The number of anilines is 1. The summed E-state index contributed by atoms with van der Waals surface area (Å²) >= 11 is 0. The Morgan fingerprint density at radius 2 is 1.86 bits per heavy atom. The van der Waals surface area contributed by atoms with Gasteiger partial charge in [-0.25, -0.2) is 8.42 Å². The molecule has 0 radical (unpaired) electrons. The van der Waals surface area contributed by atoms with Gasteiger partial charge in [-0.1, -0.05) is 23.9 Å². The van der Waals surface area contributed by atoms with Gasteiger partial charge in [-0.3, -0.25) is 9.48 Å². The first kappa shape index (κ1) is 19.4. The number of hydrogen-bond acceptors (Lipinski definition) is 5. The number of aryl methyl sites for hydroxylation is 1. The predicted molar refractivity (Wildman–Crippen MR) is 105 cm³/mol. The number of sulfonamides is 1. The lowest BCUT2D eigenvalue weighted by atomic mass is 10.3. The number of ether oxygens (including phenoxy) is 1. The van der Waals surface area contributed by atoms with Crippen LogP contribution < -0.4 is 10.1 Å². The lowest BCUT2D eigenvalue weighted by Crippen LogP contribution is -2.13. The molecule has 28 heavy (non-hydrogen) atoms. The molecule has 0 aliphatic heterocycles. The molecule has 0 unspecified atom stereocenters. The summed E-state index contributed by atoms with van der Waals surface area (Å²) in [4.78, 5) is 12.2. The fourth-order valence-electron chi connectivity index (χ4n) is 2.45. The number of carbonyl (C=O) groups is 1. The van der Waals surface area contributed by atoms with Crippen molar-refractivity contribution in [3.8, 4) is 5.75 Å². The molecule has 1 heterocycles. The summed E-state index contributed by atoms with van der Waals surface area (Å²) in [6.07, 6.45) is 1.71. The van der Waals surface area contributed by atoms with Gasteiger partial charge in [0.25, 0.3) is 5.91 Å². The summed E-state index contributed by atoms with van der Waals surface area (Å²) in [5, 5.41) is 6.81. The third kappa shape index (κ3) is 4.32. The van der Waals surface area contributed by atoms with Gasteiger partial charge >= 0.3 is 0 Å². The van der Waals surface area contributed by atoms with E-state index >= 15 is 0 Å². The summed E-state index contributed by atoms with van der Waals surface area (Å²) in [6.45, 7) is 2.58. The molecule has 3 aromatic rings. The number of amides is 1. The van der Waals surface area contributed by atoms with Crippen LogP contribution in [0.5, 0.6) is 5.75 Å². The smallest absolute Gasteiger partial charge is 0.276 e. The summed E-state index contributed by atoms with van der Waals surface area (Å²) in [5.41, 5.74) is 0.950. The molecular weight excluding hydrogens is 380 g/mol. The minimum atomic E-state index is -3.93. The van der Waals surface area contributed by atoms with Gasteiger partial charge in [-0.2, -0.15) is 5.10 Å². The highest BCUT2D eigenvalue weighted by Gasteiger charge is 2.11. The molecule has 1 aromatic heterocycles. The molecule has 0 spiro atoms. The molecule has 0 saturated heterocycles. The fourth-order valence-corrected chi connectivity index (χ4v) is 3.45. The van der Waals surface area contributed by atoms with Crippen LogP contribution >= 0.6 is 0 Å². The first-order valence-electron chi connectivity index (χ1n) is 8.49. The predicted octanol–water partition coefficient (Wildman–Crippen LogP) is 3.56. The van der Waals surface area contributed by atoms with E-state index in [9.17, 15) is 13.2 Å². The molecule has 2 aromatic carbocycles. The van der Waals surface area contributed by atoms with Crippen LogP contribution in [0.2, 0.25) is 0 Å².